The van der Waals surface area contributed by atoms with Crippen LogP contribution in [0.15, 0.2) is 52.1 Å². The van der Waals surface area contributed by atoms with Gasteiger partial charge < -0.3 is 10.2 Å². The second-order valence-corrected chi connectivity index (χ2v) is 9.58. The summed E-state index contributed by atoms with van der Waals surface area (Å²) in [6.07, 6.45) is 0. The van der Waals surface area contributed by atoms with E-state index in [0.717, 1.165) is 10.5 Å². The highest BCUT2D eigenvalue weighted by Gasteiger charge is 2.31. The van der Waals surface area contributed by atoms with Gasteiger partial charge in [-0.05, 0) is 23.9 Å². The third-order valence-electron chi connectivity index (χ3n) is 4.61. The van der Waals surface area contributed by atoms with E-state index >= 15 is 0 Å². The van der Waals surface area contributed by atoms with Gasteiger partial charge in [-0.15, -0.1) is 11.3 Å². The third-order valence-corrected chi connectivity index (χ3v) is 7.88. The summed E-state index contributed by atoms with van der Waals surface area (Å²) in [5.41, 5.74) is 1.07. The summed E-state index contributed by atoms with van der Waals surface area (Å²) in [6, 6.07) is 13.2. The van der Waals surface area contributed by atoms with Crippen molar-refractivity contribution in [1.82, 2.24) is 9.62 Å². The molecule has 1 fully saturated rings. The number of rotatable bonds is 6. The van der Waals surface area contributed by atoms with Gasteiger partial charge in [-0.1, -0.05) is 36.4 Å². The van der Waals surface area contributed by atoms with E-state index in [1.165, 1.54) is 15.6 Å². The fraction of sp³-hybridized carbons (Fsp3) is 0.389. The second kappa shape index (κ2) is 8.30. The molecule has 0 spiro atoms. The topological polar surface area (TPSA) is 70.9 Å². The zero-order valence-corrected chi connectivity index (χ0v) is 16.4. The zero-order valence-electron chi connectivity index (χ0n) is 14.7. The van der Waals surface area contributed by atoms with Gasteiger partial charge in [0.1, 0.15) is 4.21 Å². The molecule has 26 heavy (non-hydrogen) atoms. The van der Waals surface area contributed by atoms with Crippen LogP contribution < -0.4 is 10.2 Å². The van der Waals surface area contributed by atoms with E-state index in [9.17, 15) is 13.2 Å². The first-order valence-electron chi connectivity index (χ1n) is 8.68. The number of amides is 1. The average molecular weight is 395 g/mol. The van der Waals surface area contributed by atoms with E-state index in [1.54, 1.807) is 17.5 Å². The van der Waals surface area contributed by atoms with Crippen molar-refractivity contribution in [3.05, 3.63) is 53.4 Å². The Kier molecular flexibility index (Phi) is 6.08. The molecule has 1 aromatic heterocycles. The summed E-state index contributed by atoms with van der Waals surface area (Å²) in [4.78, 5) is 13.4. The summed E-state index contributed by atoms with van der Waals surface area (Å²) in [5, 5.41) is 4.79. The predicted octanol–water partition coefficient (Wildman–Crippen LogP) is 0.515. The molecule has 6 nitrogen and oxygen atoms in total. The number of benzene rings is 1. The highest BCUT2D eigenvalue weighted by molar-refractivity contribution is 7.91. The van der Waals surface area contributed by atoms with Crippen LogP contribution in [0, 0.1) is 0 Å². The minimum absolute atomic E-state index is 0.00841. The van der Waals surface area contributed by atoms with Crippen LogP contribution in [-0.4, -0.2) is 51.4 Å². The van der Waals surface area contributed by atoms with E-state index in [2.05, 4.69) is 5.32 Å². The standard InChI is InChI=1S/C18H23N3O3S2/c1-15(16-6-3-2-4-7-16)19-17(22)14-20-9-11-21(12-10-20)26(23,24)18-8-5-13-25-18/h2-8,13,15H,9-12,14H2,1H3,(H,19,22)/p+1/t15-/m1/s1. The van der Waals surface area contributed by atoms with Crippen molar-refractivity contribution >= 4 is 27.3 Å². The minimum Gasteiger partial charge on any atom is -0.345 e. The molecule has 1 atom stereocenters. The SMILES string of the molecule is C[C@@H](NC(=O)C[NH+]1CCN(S(=O)(=O)c2cccs2)CC1)c1ccccc1. The van der Waals surface area contributed by atoms with Crippen LogP contribution in [0.5, 0.6) is 0 Å². The van der Waals surface area contributed by atoms with Gasteiger partial charge in [0, 0.05) is 0 Å². The van der Waals surface area contributed by atoms with Crippen LogP contribution in [0.1, 0.15) is 18.5 Å². The molecular weight excluding hydrogens is 370 g/mol. The van der Waals surface area contributed by atoms with Crippen molar-refractivity contribution in [2.45, 2.75) is 17.2 Å². The van der Waals surface area contributed by atoms with E-state index < -0.39 is 10.0 Å². The summed E-state index contributed by atoms with van der Waals surface area (Å²) < 4.78 is 27.0. The smallest absolute Gasteiger partial charge is 0.275 e. The Bertz CT molecular complexity index is 815. The quantitative estimate of drug-likeness (QED) is 0.750. The molecule has 1 aliphatic rings. The number of thiophene rings is 1. The van der Waals surface area contributed by atoms with Crippen LogP contribution >= 0.6 is 11.3 Å². The second-order valence-electron chi connectivity index (χ2n) is 6.46. The Morgan fingerprint density at radius 2 is 1.88 bits per heavy atom. The lowest BCUT2D eigenvalue weighted by molar-refractivity contribution is -0.895. The molecule has 140 valence electrons. The van der Waals surface area contributed by atoms with Crippen molar-refractivity contribution in [3.8, 4) is 0 Å². The first kappa shape index (κ1) is 19.0. The molecule has 1 amide bonds. The third kappa shape index (κ3) is 4.50. The van der Waals surface area contributed by atoms with Gasteiger partial charge in [0.25, 0.3) is 15.9 Å². The fourth-order valence-corrected chi connectivity index (χ4v) is 5.69. The van der Waals surface area contributed by atoms with Crippen molar-refractivity contribution in [2.24, 2.45) is 0 Å². The lowest BCUT2D eigenvalue weighted by Gasteiger charge is -2.31. The monoisotopic (exact) mass is 394 g/mol. The lowest BCUT2D eigenvalue weighted by atomic mass is 10.1. The van der Waals surface area contributed by atoms with Gasteiger partial charge in [-0.2, -0.15) is 4.31 Å². The number of nitrogens with zero attached hydrogens (tertiary/aromatic N) is 1. The van der Waals surface area contributed by atoms with Gasteiger partial charge in [-0.25, -0.2) is 8.42 Å². The maximum atomic E-state index is 12.5. The number of quaternary nitrogens is 1. The Morgan fingerprint density at radius 3 is 2.50 bits per heavy atom. The number of carbonyl (C=O) groups excluding carboxylic acids is 1. The van der Waals surface area contributed by atoms with Crippen LogP contribution in [0.2, 0.25) is 0 Å². The van der Waals surface area contributed by atoms with E-state index in [4.69, 9.17) is 0 Å². The van der Waals surface area contributed by atoms with Crippen molar-refractivity contribution < 1.29 is 18.1 Å². The molecule has 8 heteroatoms. The molecule has 1 aliphatic heterocycles. The normalized spacial score (nSPS) is 17.7. The van der Waals surface area contributed by atoms with Gasteiger partial charge in [0.2, 0.25) is 0 Å². The summed E-state index contributed by atoms with van der Waals surface area (Å²) in [6.45, 7) is 4.49. The van der Waals surface area contributed by atoms with Crippen molar-refractivity contribution in [3.63, 3.8) is 0 Å². The number of carbonyl (C=O) groups is 1. The Balaban J connectivity index is 1.49. The van der Waals surface area contributed by atoms with Gasteiger partial charge >= 0.3 is 0 Å². The molecule has 0 bridgehead atoms. The van der Waals surface area contributed by atoms with Crippen LogP contribution in [0.25, 0.3) is 0 Å². The maximum Gasteiger partial charge on any atom is 0.275 e. The van der Waals surface area contributed by atoms with E-state index in [-0.39, 0.29) is 11.9 Å². The molecule has 3 rings (SSSR count). The number of hydrogen-bond acceptors (Lipinski definition) is 4. The van der Waals surface area contributed by atoms with Crippen LogP contribution in [0.4, 0.5) is 0 Å². The molecular formula is C18H24N3O3S2+. The number of hydrogen-bond donors (Lipinski definition) is 2. The molecule has 1 saturated heterocycles. The maximum absolute atomic E-state index is 12.5. The van der Waals surface area contributed by atoms with Crippen molar-refractivity contribution in [2.75, 3.05) is 32.7 Å². The molecule has 0 unspecified atom stereocenters. The Hall–Kier alpha value is -1.74. The summed E-state index contributed by atoms with van der Waals surface area (Å²) in [7, 11) is -3.39. The van der Waals surface area contributed by atoms with Gasteiger partial charge in [0.05, 0.1) is 32.2 Å². The fourth-order valence-electron chi connectivity index (χ4n) is 3.10. The van der Waals surface area contributed by atoms with Gasteiger partial charge in [0.15, 0.2) is 6.54 Å². The van der Waals surface area contributed by atoms with Crippen molar-refractivity contribution in [1.29, 1.82) is 0 Å². The molecule has 0 radical (unpaired) electrons. The Morgan fingerprint density at radius 1 is 1.19 bits per heavy atom. The largest absolute Gasteiger partial charge is 0.345 e. The predicted molar refractivity (Wildman–Crippen MR) is 102 cm³/mol. The molecule has 0 aliphatic carbocycles. The first-order chi connectivity index (χ1) is 12.5. The molecule has 2 N–H and O–H groups in total. The number of nitrogens with one attached hydrogen (secondary N) is 2. The lowest BCUT2D eigenvalue weighted by Crippen LogP contribution is -3.15. The van der Waals surface area contributed by atoms with Gasteiger partial charge in [-0.3, -0.25) is 4.79 Å². The first-order valence-corrected chi connectivity index (χ1v) is 11.0. The Labute approximate surface area is 158 Å². The molecule has 2 heterocycles. The van der Waals surface area contributed by atoms with E-state index in [1.807, 2.05) is 37.3 Å². The molecule has 2 aromatic rings. The number of piperazine rings is 1. The average Bonchev–Trinajstić information content (AvgIpc) is 3.18. The van der Waals surface area contributed by atoms with Crippen LogP contribution in [-0.2, 0) is 14.8 Å². The zero-order chi connectivity index (χ0) is 18.6. The summed E-state index contributed by atoms with van der Waals surface area (Å²) >= 11 is 1.24. The van der Waals surface area contributed by atoms with E-state index in [0.29, 0.717) is 36.9 Å². The minimum atomic E-state index is -3.39. The number of sulfonamides is 1. The molecule has 1 aromatic carbocycles. The van der Waals surface area contributed by atoms with Crippen LogP contribution in [0.3, 0.4) is 0 Å². The molecule has 0 saturated carbocycles. The summed E-state index contributed by atoms with van der Waals surface area (Å²) in [5.74, 6) is -0.00841. The highest BCUT2D eigenvalue weighted by Crippen LogP contribution is 2.20. The highest BCUT2D eigenvalue weighted by atomic mass is 32.2.